The molecular formula is C25H21F6N3O3. The van der Waals surface area contributed by atoms with Crippen LogP contribution < -0.4 is 10.6 Å². The van der Waals surface area contributed by atoms with E-state index in [4.69, 9.17) is 4.74 Å². The van der Waals surface area contributed by atoms with Crippen LogP contribution in [0.1, 0.15) is 34.0 Å². The maximum absolute atomic E-state index is 13.7. The lowest BCUT2D eigenvalue weighted by Crippen LogP contribution is -2.48. The second-order valence-corrected chi connectivity index (χ2v) is 7.87. The zero-order valence-electron chi connectivity index (χ0n) is 19.2. The molecule has 1 aromatic heterocycles. The molecule has 12 heteroatoms. The van der Waals surface area contributed by atoms with E-state index in [1.54, 1.807) is 30.3 Å². The summed E-state index contributed by atoms with van der Waals surface area (Å²) in [6.45, 7) is 0. The van der Waals surface area contributed by atoms with Gasteiger partial charge in [0, 0.05) is 12.6 Å². The number of benzene rings is 2. The Labute approximate surface area is 207 Å². The monoisotopic (exact) mass is 525 g/mol. The molecule has 1 unspecified atom stereocenters. The number of methoxy groups -OCH3 is 1. The summed E-state index contributed by atoms with van der Waals surface area (Å²) in [4.78, 5) is 28.9. The number of esters is 1. The first-order chi connectivity index (χ1) is 17.4. The third-order valence-electron chi connectivity index (χ3n) is 5.34. The molecule has 0 saturated carbocycles. The van der Waals surface area contributed by atoms with Gasteiger partial charge < -0.3 is 15.4 Å². The Balaban J connectivity index is 1.95. The predicted octanol–water partition coefficient (Wildman–Crippen LogP) is 5.29. The van der Waals surface area contributed by atoms with Gasteiger partial charge in [0.05, 0.1) is 30.0 Å². The number of rotatable bonds is 7. The van der Waals surface area contributed by atoms with Crippen LogP contribution >= 0.6 is 0 Å². The van der Waals surface area contributed by atoms with Crippen LogP contribution in [0.25, 0.3) is 0 Å². The molecule has 0 spiro atoms. The molecule has 3 aromatic rings. The molecule has 0 radical (unpaired) electrons. The van der Waals surface area contributed by atoms with E-state index in [0.29, 0.717) is 17.7 Å². The van der Waals surface area contributed by atoms with Gasteiger partial charge >= 0.3 is 24.4 Å². The number of carbonyl (C=O) groups excluding carboxylic acids is 2. The van der Waals surface area contributed by atoms with Gasteiger partial charge in [-0.05, 0) is 35.4 Å². The van der Waals surface area contributed by atoms with Crippen LogP contribution in [0.3, 0.4) is 0 Å². The standard InChI is InChI=1S/C25H21F6N3O3/c1-37-22(35)19(14-15-6-3-2-4-7-15)33-23(36)34-20(16-9-11-17(12-10-16)24(26,27)28)21-18(25(29,30)31)8-5-13-32-21/h2-13,19-20H,14H2,1H3,(H2,33,34,36)/t19?,20-/m0/s1. The molecule has 2 amide bonds. The number of pyridine rings is 1. The number of nitrogens with zero attached hydrogens (tertiary/aromatic N) is 1. The quantitative estimate of drug-likeness (QED) is 0.325. The minimum atomic E-state index is -4.87. The molecule has 2 atom stereocenters. The third kappa shape index (κ3) is 7.21. The van der Waals surface area contributed by atoms with Crippen LogP contribution in [-0.2, 0) is 28.3 Å². The molecule has 2 N–H and O–H groups in total. The van der Waals surface area contributed by atoms with Crippen molar-refractivity contribution in [2.24, 2.45) is 0 Å². The predicted molar refractivity (Wildman–Crippen MR) is 120 cm³/mol. The van der Waals surface area contributed by atoms with Crippen LogP contribution in [0, 0.1) is 0 Å². The minimum absolute atomic E-state index is 0.0171. The summed E-state index contributed by atoms with van der Waals surface area (Å²) in [6.07, 6.45) is -8.46. The third-order valence-corrected chi connectivity index (χ3v) is 5.34. The van der Waals surface area contributed by atoms with Crippen molar-refractivity contribution in [3.05, 3.63) is 101 Å². The maximum Gasteiger partial charge on any atom is 0.418 e. The second-order valence-electron chi connectivity index (χ2n) is 7.87. The molecule has 37 heavy (non-hydrogen) atoms. The van der Waals surface area contributed by atoms with Gasteiger partial charge in [0.2, 0.25) is 0 Å². The van der Waals surface area contributed by atoms with E-state index in [2.05, 4.69) is 15.6 Å². The van der Waals surface area contributed by atoms with Crippen molar-refractivity contribution < 1.29 is 40.7 Å². The van der Waals surface area contributed by atoms with Gasteiger partial charge in [-0.3, -0.25) is 4.98 Å². The lowest BCUT2D eigenvalue weighted by Gasteiger charge is -2.24. The first kappa shape index (κ1) is 27.5. The molecule has 196 valence electrons. The number of urea groups is 1. The normalized spacial score (nSPS) is 13.4. The molecule has 0 fully saturated rings. The number of alkyl halides is 6. The fourth-order valence-corrected chi connectivity index (χ4v) is 3.58. The topological polar surface area (TPSA) is 80.3 Å². The summed E-state index contributed by atoms with van der Waals surface area (Å²) in [5.41, 5.74) is -2.27. The Morgan fingerprint density at radius 1 is 0.865 bits per heavy atom. The number of aromatic nitrogens is 1. The highest BCUT2D eigenvalue weighted by Gasteiger charge is 2.38. The molecule has 6 nitrogen and oxygen atoms in total. The van der Waals surface area contributed by atoms with Crippen LogP contribution in [0.2, 0.25) is 0 Å². The Kier molecular flexibility index (Phi) is 8.41. The summed E-state index contributed by atoms with van der Waals surface area (Å²) >= 11 is 0. The number of hydrogen-bond donors (Lipinski definition) is 2. The van der Waals surface area contributed by atoms with Crippen LogP contribution in [0.5, 0.6) is 0 Å². The molecule has 3 rings (SSSR count). The van der Waals surface area contributed by atoms with Gasteiger partial charge in [-0.15, -0.1) is 0 Å². The lowest BCUT2D eigenvalue weighted by molar-refractivity contribution is -0.143. The summed E-state index contributed by atoms with van der Waals surface area (Å²) in [5, 5.41) is 4.68. The number of halogens is 6. The van der Waals surface area contributed by atoms with Crippen LogP contribution in [0.15, 0.2) is 72.9 Å². The zero-order valence-corrected chi connectivity index (χ0v) is 19.2. The SMILES string of the molecule is COC(=O)C(Cc1ccccc1)NC(=O)N[C@@H](c1ccc(C(F)(F)F)cc1)c1ncccc1C(F)(F)F. The van der Waals surface area contributed by atoms with Crippen molar-refractivity contribution in [3.8, 4) is 0 Å². The highest BCUT2D eigenvalue weighted by molar-refractivity contribution is 5.84. The van der Waals surface area contributed by atoms with E-state index in [1.807, 2.05) is 0 Å². The van der Waals surface area contributed by atoms with E-state index < -0.39 is 53.3 Å². The van der Waals surface area contributed by atoms with E-state index in [1.165, 1.54) is 0 Å². The maximum atomic E-state index is 13.7. The van der Waals surface area contributed by atoms with Crippen LogP contribution in [-0.4, -0.2) is 30.1 Å². The van der Waals surface area contributed by atoms with Crippen LogP contribution in [0.4, 0.5) is 31.1 Å². The largest absolute Gasteiger partial charge is 0.467 e. The molecular weight excluding hydrogens is 504 g/mol. The Morgan fingerprint density at radius 2 is 1.51 bits per heavy atom. The van der Waals surface area contributed by atoms with Crippen molar-refractivity contribution in [1.82, 2.24) is 15.6 Å². The average Bonchev–Trinajstić information content (AvgIpc) is 2.86. The Morgan fingerprint density at radius 3 is 2.08 bits per heavy atom. The summed E-state index contributed by atoms with van der Waals surface area (Å²) < 4.78 is 84.9. The van der Waals surface area contributed by atoms with Crippen molar-refractivity contribution in [1.29, 1.82) is 0 Å². The van der Waals surface area contributed by atoms with Crippen molar-refractivity contribution >= 4 is 12.0 Å². The zero-order chi connectivity index (χ0) is 27.2. The summed E-state index contributed by atoms with van der Waals surface area (Å²) in [5.74, 6) is -0.807. The van der Waals surface area contributed by atoms with Crippen molar-refractivity contribution in [2.75, 3.05) is 7.11 Å². The smallest absolute Gasteiger partial charge is 0.418 e. The van der Waals surface area contributed by atoms with Crippen molar-refractivity contribution in [3.63, 3.8) is 0 Å². The number of hydrogen-bond acceptors (Lipinski definition) is 4. The lowest BCUT2D eigenvalue weighted by atomic mass is 9.98. The molecule has 0 aliphatic heterocycles. The molecule has 0 aliphatic rings. The van der Waals surface area contributed by atoms with Gasteiger partial charge in [-0.2, -0.15) is 26.3 Å². The number of carbonyl (C=O) groups is 2. The van der Waals surface area contributed by atoms with Crippen molar-refractivity contribution in [2.45, 2.75) is 30.9 Å². The van der Waals surface area contributed by atoms with Gasteiger partial charge in [-0.25, -0.2) is 9.59 Å². The highest BCUT2D eigenvalue weighted by atomic mass is 19.4. The molecule has 0 aliphatic carbocycles. The number of amides is 2. The van der Waals surface area contributed by atoms with Gasteiger partial charge in [0.25, 0.3) is 0 Å². The Hall–Kier alpha value is -4.09. The van der Waals surface area contributed by atoms with E-state index >= 15 is 0 Å². The second kappa shape index (κ2) is 11.3. The molecule has 0 saturated heterocycles. The van der Waals surface area contributed by atoms with Gasteiger partial charge in [0.15, 0.2) is 0 Å². The fraction of sp³-hybridized carbons (Fsp3) is 0.240. The summed E-state index contributed by atoms with van der Waals surface area (Å²) in [7, 11) is 1.11. The molecule has 2 aromatic carbocycles. The fourth-order valence-electron chi connectivity index (χ4n) is 3.58. The minimum Gasteiger partial charge on any atom is -0.467 e. The highest BCUT2D eigenvalue weighted by Crippen LogP contribution is 2.36. The average molecular weight is 525 g/mol. The molecule has 0 bridgehead atoms. The van der Waals surface area contributed by atoms with E-state index in [9.17, 15) is 35.9 Å². The first-order valence-electron chi connectivity index (χ1n) is 10.8. The van der Waals surface area contributed by atoms with Gasteiger partial charge in [-0.1, -0.05) is 42.5 Å². The first-order valence-corrected chi connectivity index (χ1v) is 10.8. The van der Waals surface area contributed by atoms with E-state index in [0.717, 1.165) is 37.6 Å². The van der Waals surface area contributed by atoms with Gasteiger partial charge in [0.1, 0.15) is 6.04 Å². The Bertz CT molecular complexity index is 1210. The number of nitrogens with one attached hydrogen (secondary N) is 2. The molecule has 1 heterocycles. The number of ether oxygens (including phenoxy) is 1. The summed E-state index contributed by atoms with van der Waals surface area (Å²) in [6, 6.07) is 9.76. The van der Waals surface area contributed by atoms with E-state index in [-0.39, 0.29) is 12.0 Å².